The molecule has 4 atom stereocenters. The molecule has 4 aliphatic carbocycles. The number of benzene rings is 3. The SMILES string of the molecule is CC1C(CSc2nccn2C)OC(c2cccc(-c3cccc(CNC(=O)NC45CC6CC(CC(C6)C4)C5)c3)c2)OC1c1ccc(CO)cc1. The molecule has 50 heavy (non-hydrogen) atoms. The number of hydrogen-bond donors (Lipinski definition) is 3. The van der Waals surface area contributed by atoms with Crippen molar-refractivity contribution in [2.45, 2.75) is 87.8 Å². The third-order valence-corrected chi connectivity index (χ3v) is 12.7. The predicted octanol–water partition coefficient (Wildman–Crippen LogP) is 7.93. The molecule has 3 N–H and O–H groups in total. The highest BCUT2D eigenvalue weighted by Gasteiger charge is 2.51. The smallest absolute Gasteiger partial charge is 0.315 e. The molecular weight excluding hydrogens is 645 g/mol. The van der Waals surface area contributed by atoms with Crippen molar-refractivity contribution in [1.29, 1.82) is 0 Å². The molecule has 1 saturated heterocycles. The van der Waals surface area contributed by atoms with Gasteiger partial charge >= 0.3 is 6.03 Å². The molecular formula is C41H48N4O4S. The summed E-state index contributed by atoms with van der Waals surface area (Å²) in [6, 6.07) is 24.8. The first-order valence-corrected chi connectivity index (χ1v) is 19.2. The van der Waals surface area contributed by atoms with Gasteiger partial charge < -0.3 is 29.8 Å². The minimum absolute atomic E-state index is 0.00000969. The van der Waals surface area contributed by atoms with Crippen LogP contribution in [0.4, 0.5) is 4.79 Å². The zero-order valence-corrected chi connectivity index (χ0v) is 29.8. The summed E-state index contributed by atoms with van der Waals surface area (Å²) in [4.78, 5) is 17.7. The van der Waals surface area contributed by atoms with E-state index in [1.54, 1.807) is 11.8 Å². The highest BCUT2D eigenvalue weighted by Crippen LogP contribution is 2.55. The molecule has 0 radical (unpaired) electrons. The van der Waals surface area contributed by atoms with Gasteiger partial charge in [0.15, 0.2) is 11.4 Å². The Balaban J connectivity index is 0.968. The van der Waals surface area contributed by atoms with Gasteiger partial charge in [-0.1, -0.05) is 79.3 Å². The zero-order valence-electron chi connectivity index (χ0n) is 29.0. The molecule has 4 aromatic rings. The largest absolute Gasteiger partial charge is 0.392 e. The number of rotatable bonds is 10. The Hall–Kier alpha value is -3.63. The number of amides is 2. The zero-order chi connectivity index (χ0) is 34.2. The first kappa shape index (κ1) is 33.5. The van der Waals surface area contributed by atoms with Gasteiger partial charge in [0.25, 0.3) is 0 Å². The average molecular weight is 693 g/mol. The van der Waals surface area contributed by atoms with Crippen LogP contribution in [-0.4, -0.2) is 38.1 Å². The standard InChI is InChI=1S/C41H48N4O4S/c1-26-36(25-50-40-42-13-14-45(40)2)48-38(49-37(26)32-11-9-27(24-46)10-12-32)35-8-4-7-34(19-35)33-6-3-5-28(18-33)23-43-39(47)44-41-20-29-15-30(21-41)17-31(16-29)22-41/h3-14,18-19,26,29-31,36-38,46H,15-17,20-25H2,1-2H3,(H2,43,44,47). The van der Waals surface area contributed by atoms with Gasteiger partial charge in [-0.25, -0.2) is 9.78 Å². The van der Waals surface area contributed by atoms with E-state index in [9.17, 15) is 9.90 Å². The molecule has 4 bridgehead atoms. The number of aromatic nitrogens is 2. The fourth-order valence-corrected chi connectivity index (χ4v) is 10.5. The monoisotopic (exact) mass is 692 g/mol. The van der Waals surface area contributed by atoms with Crippen LogP contribution >= 0.6 is 11.8 Å². The van der Waals surface area contributed by atoms with Gasteiger partial charge in [-0.05, 0) is 96.2 Å². The molecule has 1 aromatic heterocycles. The fraction of sp³-hybridized carbons (Fsp3) is 0.463. The van der Waals surface area contributed by atoms with Crippen LogP contribution in [0.1, 0.15) is 80.1 Å². The average Bonchev–Trinajstić information content (AvgIpc) is 3.54. The Morgan fingerprint density at radius 2 is 1.62 bits per heavy atom. The number of nitrogens with zero attached hydrogens (tertiary/aromatic N) is 2. The quantitative estimate of drug-likeness (QED) is 0.146. The van der Waals surface area contributed by atoms with Gasteiger partial charge in [0.1, 0.15) is 0 Å². The van der Waals surface area contributed by atoms with Crippen molar-refractivity contribution in [3.05, 3.63) is 107 Å². The normalized spacial score (nSPS) is 29.9. The second-order valence-corrected chi connectivity index (χ2v) is 16.3. The lowest BCUT2D eigenvalue weighted by Crippen LogP contribution is -2.61. The van der Waals surface area contributed by atoms with Crippen LogP contribution in [-0.2, 0) is 29.7 Å². The molecule has 9 heteroatoms. The Labute approximate surface area is 299 Å². The van der Waals surface area contributed by atoms with Gasteiger partial charge in [-0.2, -0.15) is 0 Å². The van der Waals surface area contributed by atoms with E-state index in [1.807, 2.05) is 36.1 Å². The van der Waals surface area contributed by atoms with E-state index < -0.39 is 6.29 Å². The van der Waals surface area contributed by atoms with E-state index >= 15 is 0 Å². The minimum atomic E-state index is -0.557. The number of imidazole rings is 1. The third-order valence-electron chi connectivity index (χ3n) is 11.6. The molecule has 5 aliphatic rings. The van der Waals surface area contributed by atoms with Crippen LogP contribution in [0.3, 0.4) is 0 Å². The number of carbonyl (C=O) groups excluding carboxylic acids is 1. The third kappa shape index (κ3) is 7.11. The van der Waals surface area contributed by atoms with E-state index in [2.05, 4.69) is 83.2 Å². The molecule has 8 nitrogen and oxygen atoms in total. The Morgan fingerprint density at radius 3 is 2.30 bits per heavy atom. The molecule has 0 spiro atoms. The molecule has 2 amide bonds. The van der Waals surface area contributed by atoms with E-state index in [4.69, 9.17) is 9.47 Å². The van der Waals surface area contributed by atoms with Crippen molar-refractivity contribution in [2.24, 2.45) is 30.7 Å². The highest BCUT2D eigenvalue weighted by molar-refractivity contribution is 7.99. The fourth-order valence-electron chi connectivity index (χ4n) is 9.41. The summed E-state index contributed by atoms with van der Waals surface area (Å²) in [5, 5.41) is 17.2. The first-order chi connectivity index (χ1) is 24.3. The molecule has 1 aliphatic heterocycles. The molecule has 5 fully saturated rings. The Bertz CT molecular complexity index is 1770. The molecule has 9 rings (SSSR count). The number of ether oxygens (including phenoxy) is 2. The molecule has 262 valence electrons. The number of aliphatic hydroxyl groups is 1. The van der Waals surface area contributed by atoms with E-state index in [0.717, 1.165) is 81.3 Å². The van der Waals surface area contributed by atoms with Gasteiger partial charge in [0.2, 0.25) is 0 Å². The van der Waals surface area contributed by atoms with Crippen molar-refractivity contribution in [2.75, 3.05) is 5.75 Å². The lowest BCUT2D eigenvalue weighted by molar-refractivity contribution is -0.268. The maximum atomic E-state index is 13.1. The predicted molar refractivity (Wildman–Crippen MR) is 195 cm³/mol. The number of aryl methyl sites for hydroxylation is 1. The molecule has 4 saturated carbocycles. The first-order valence-electron chi connectivity index (χ1n) is 18.2. The number of urea groups is 1. The summed E-state index contributed by atoms with van der Waals surface area (Å²) in [6.45, 7) is 2.67. The molecule has 4 unspecified atom stereocenters. The maximum absolute atomic E-state index is 13.1. The number of nitrogens with one attached hydrogen (secondary N) is 2. The summed E-state index contributed by atoms with van der Waals surface area (Å²) >= 11 is 1.69. The van der Waals surface area contributed by atoms with Crippen molar-refractivity contribution in [3.8, 4) is 11.1 Å². The van der Waals surface area contributed by atoms with E-state index in [0.29, 0.717) is 6.54 Å². The maximum Gasteiger partial charge on any atom is 0.315 e. The van der Waals surface area contributed by atoms with Crippen molar-refractivity contribution < 1.29 is 19.4 Å². The van der Waals surface area contributed by atoms with Crippen molar-refractivity contribution >= 4 is 17.8 Å². The lowest BCUT2D eigenvalue weighted by atomic mass is 9.53. The van der Waals surface area contributed by atoms with Gasteiger partial charge in [-0.3, -0.25) is 0 Å². The van der Waals surface area contributed by atoms with Gasteiger partial charge in [-0.15, -0.1) is 0 Å². The summed E-state index contributed by atoms with van der Waals surface area (Å²) < 4.78 is 15.5. The second-order valence-electron chi connectivity index (χ2n) is 15.3. The van der Waals surface area contributed by atoms with Crippen LogP contribution in [0.15, 0.2) is 90.3 Å². The summed E-state index contributed by atoms with van der Waals surface area (Å²) in [7, 11) is 2.01. The summed E-state index contributed by atoms with van der Waals surface area (Å²) in [6.07, 6.45) is 10.5. The number of hydrogen-bond acceptors (Lipinski definition) is 6. The van der Waals surface area contributed by atoms with Crippen LogP contribution in [0.2, 0.25) is 0 Å². The van der Waals surface area contributed by atoms with Gasteiger partial charge in [0, 0.05) is 48.8 Å². The topological polar surface area (TPSA) is 97.6 Å². The second kappa shape index (κ2) is 14.2. The Morgan fingerprint density at radius 1 is 0.920 bits per heavy atom. The van der Waals surface area contributed by atoms with Gasteiger partial charge in [0.05, 0.1) is 18.8 Å². The Kier molecular flexibility index (Phi) is 9.50. The number of thioether (sulfide) groups is 1. The molecule has 2 heterocycles. The van der Waals surface area contributed by atoms with E-state index in [-0.39, 0.29) is 36.3 Å². The number of aliphatic hydroxyl groups excluding tert-OH is 1. The summed E-state index contributed by atoms with van der Waals surface area (Å²) in [5.74, 6) is 3.21. The van der Waals surface area contributed by atoms with Crippen LogP contribution in [0.5, 0.6) is 0 Å². The van der Waals surface area contributed by atoms with Crippen LogP contribution in [0.25, 0.3) is 11.1 Å². The van der Waals surface area contributed by atoms with Crippen LogP contribution < -0.4 is 10.6 Å². The van der Waals surface area contributed by atoms with Crippen LogP contribution in [0, 0.1) is 23.7 Å². The number of carbonyl (C=O) groups is 1. The van der Waals surface area contributed by atoms with Crippen molar-refractivity contribution in [3.63, 3.8) is 0 Å². The summed E-state index contributed by atoms with van der Waals surface area (Å²) in [5.41, 5.74) is 6.10. The molecule has 3 aromatic carbocycles. The minimum Gasteiger partial charge on any atom is -0.392 e. The van der Waals surface area contributed by atoms with E-state index in [1.165, 1.54) is 19.3 Å². The van der Waals surface area contributed by atoms with Crippen molar-refractivity contribution in [1.82, 2.24) is 20.2 Å². The lowest BCUT2D eigenvalue weighted by Gasteiger charge is -2.56. The highest BCUT2D eigenvalue weighted by atomic mass is 32.2.